The highest BCUT2D eigenvalue weighted by Gasteiger charge is 2.26. The number of hydrogen-bond donors (Lipinski definition) is 3. The van der Waals surface area contributed by atoms with Crippen molar-refractivity contribution < 1.29 is 14.0 Å². The molecule has 9 heteroatoms. The number of thiocarbonyl (C=S) groups is 1. The Bertz CT molecular complexity index is 887. The van der Waals surface area contributed by atoms with Crippen molar-refractivity contribution in [3.63, 3.8) is 0 Å². The van der Waals surface area contributed by atoms with Crippen LogP contribution < -0.4 is 16.4 Å². The third kappa shape index (κ3) is 4.62. The highest BCUT2D eigenvalue weighted by Crippen LogP contribution is 2.36. The molecule has 27 heavy (non-hydrogen) atoms. The van der Waals surface area contributed by atoms with Gasteiger partial charge in [-0.15, -0.1) is 11.3 Å². The first-order chi connectivity index (χ1) is 13.0. The van der Waals surface area contributed by atoms with Crippen molar-refractivity contribution in [1.82, 2.24) is 10.2 Å². The summed E-state index contributed by atoms with van der Waals surface area (Å²) in [5.74, 6) is -0.332. The number of likely N-dealkylation sites (N-methyl/N-ethyl adjacent to an activating group) is 1. The Morgan fingerprint density at radius 3 is 2.96 bits per heavy atom. The predicted molar refractivity (Wildman–Crippen MR) is 110 cm³/mol. The highest BCUT2D eigenvalue weighted by molar-refractivity contribution is 7.80. The maximum Gasteiger partial charge on any atom is 0.251 e. The Labute approximate surface area is 166 Å². The number of furan rings is 1. The molecule has 0 aliphatic carbocycles. The van der Waals surface area contributed by atoms with Crippen LogP contribution in [-0.4, -0.2) is 34.9 Å². The number of anilines is 1. The molecule has 1 aliphatic heterocycles. The molecule has 0 spiro atoms. The standard InChI is InChI=1S/C18H20N4O3S2/c1-2-22-8-7-12-13(10-22)27-17(15(12)16(19)24)21-18(26)20-14(23)6-5-11-4-3-9-25-11/h3-6,9H,2,7-8,10H2,1H3,(H2,19,24)(H2,20,21,23,26)/b6-5+. The van der Waals surface area contributed by atoms with Crippen molar-refractivity contribution in [1.29, 1.82) is 0 Å². The SMILES string of the molecule is CCN1CCc2c(sc(NC(=S)NC(=O)/C=C/c3ccco3)c2C(N)=O)C1. The van der Waals surface area contributed by atoms with E-state index in [4.69, 9.17) is 22.4 Å². The van der Waals surface area contributed by atoms with E-state index in [9.17, 15) is 9.59 Å². The monoisotopic (exact) mass is 404 g/mol. The average Bonchev–Trinajstić information content (AvgIpc) is 3.26. The number of carbonyl (C=O) groups is 2. The summed E-state index contributed by atoms with van der Waals surface area (Å²) >= 11 is 6.65. The molecule has 0 bridgehead atoms. The number of rotatable bonds is 5. The first-order valence-corrected chi connectivity index (χ1v) is 9.70. The normalized spacial score (nSPS) is 14.1. The van der Waals surface area contributed by atoms with Gasteiger partial charge in [-0.1, -0.05) is 6.92 Å². The third-order valence-corrected chi connectivity index (χ3v) is 5.57. The van der Waals surface area contributed by atoms with E-state index in [1.807, 2.05) is 0 Å². The number of amides is 2. The fourth-order valence-electron chi connectivity index (χ4n) is 2.91. The third-order valence-electron chi connectivity index (χ3n) is 4.24. The van der Waals surface area contributed by atoms with Crippen LogP contribution in [0, 0.1) is 0 Å². The van der Waals surface area contributed by atoms with E-state index in [1.165, 1.54) is 29.8 Å². The predicted octanol–water partition coefficient (Wildman–Crippen LogP) is 2.34. The van der Waals surface area contributed by atoms with Gasteiger partial charge in [0, 0.05) is 24.0 Å². The van der Waals surface area contributed by atoms with E-state index >= 15 is 0 Å². The quantitative estimate of drug-likeness (QED) is 0.522. The maximum absolute atomic E-state index is 12.0. The number of thiophene rings is 1. The Morgan fingerprint density at radius 2 is 2.30 bits per heavy atom. The van der Waals surface area contributed by atoms with Crippen LogP contribution in [-0.2, 0) is 17.8 Å². The lowest BCUT2D eigenvalue weighted by atomic mass is 10.0. The maximum atomic E-state index is 12.0. The summed E-state index contributed by atoms with van der Waals surface area (Å²) in [4.78, 5) is 27.3. The van der Waals surface area contributed by atoms with Gasteiger partial charge in [-0.3, -0.25) is 19.8 Å². The number of fused-ring (bicyclic) bond motifs is 1. The fourth-order valence-corrected chi connectivity index (χ4v) is 4.47. The van der Waals surface area contributed by atoms with Crippen molar-refractivity contribution in [3.05, 3.63) is 46.2 Å². The van der Waals surface area contributed by atoms with E-state index in [2.05, 4.69) is 22.5 Å². The lowest BCUT2D eigenvalue weighted by molar-refractivity contribution is -0.115. The van der Waals surface area contributed by atoms with E-state index in [1.54, 1.807) is 12.1 Å². The Morgan fingerprint density at radius 1 is 1.48 bits per heavy atom. The molecule has 2 amide bonds. The molecule has 0 atom stereocenters. The second-order valence-electron chi connectivity index (χ2n) is 5.98. The number of nitrogens with one attached hydrogen (secondary N) is 2. The van der Waals surface area contributed by atoms with Crippen molar-refractivity contribution >= 4 is 51.6 Å². The summed E-state index contributed by atoms with van der Waals surface area (Å²) in [5, 5.41) is 6.19. The smallest absolute Gasteiger partial charge is 0.251 e. The van der Waals surface area contributed by atoms with Crippen LogP contribution >= 0.6 is 23.6 Å². The van der Waals surface area contributed by atoms with Gasteiger partial charge in [-0.25, -0.2) is 0 Å². The summed E-state index contributed by atoms with van der Waals surface area (Å²) in [6, 6.07) is 3.46. The summed E-state index contributed by atoms with van der Waals surface area (Å²) in [7, 11) is 0. The second-order valence-corrected chi connectivity index (χ2v) is 7.50. The second kappa shape index (κ2) is 8.47. The summed E-state index contributed by atoms with van der Waals surface area (Å²) < 4.78 is 5.12. The van der Waals surface area contributed by atoms with Gasteiger partial charge in [-0.2, -0.15) is 0 Å². The highest BCUT2D eigenvalue weighted by atomic mass is 32.1. The van der Waals surface area contributed by atoms with E-state index in [0.717, 1.165) is 36.5 Å². The minimum atomic E-state index is -0.494. The first-order valence-electron chi connectivity index (χ1n) is 8.48. The molecule has 2 aromatic heterocycles. The molecular weight excluding hydrogens is 384 g/mol. The largest absolute Gasteiger partial charge is 0.465 e. The van der Waals surface area contributed by atoms with Crippen LogP contribution in [0.2, 0.25) is 0 Å². The minimum Gasteiger partial charge on any atom is -0.465 e. The molecule has 0 saturated heterocycles. The number of carbonyl (C=O) groups excluding carboxylic acids is 2. The first kappa shape index (κ1) is 19.3. The van der Waals surface area contributed by atoms with Gasteiger partial charge < -0.3 is 15.5 Å². The molecule has 0 saturated carbocycles. The van der Waals surface area contributed by atoms with Gasteiger partial charge in [-0.05, 0) is 49.0 Å². The lowest BCUT2D eigenvalue weighted by Crippen LogP contribution is -2.33. The number of hydrogen-bond acceptors (Lipinski definition) is 6. The van der Waals surface area contributed by atoms with Crippen molar-refractivity contribution in [2.45, 2.75) is 19.9 Å². The van der Waals surface area contributed by atoms with E-state index in [0.29, 0.717) is 16.3 Å². The topological polar surface area (TPSA) is 101 Å². The molecule has 4 N–H and O–H groups in total. The summed E-state index contributed by atoms with van der Waals surface area (Å²) in [6.07, 6.45) is 5.15. The fraction of sp³-hybridized carbons (Fsp3) is 0.278. The molecule has 0 fully saturated rings. The van der Waals surface area contributed by atoms with E-state index in [-0.39, 0.29) is 5.11 Å². The number of nitrogens with two attached hydrogens (primary N) is 1. The van der Waals surface area contributed by atoms with E-state index < -0.39 is 11.8 Å². The van der Waals surface area contributed by atoms with Gasteiger partial charge in [0.1, 0.15) is 10.8 Å². The average molecular weight is 405 g/mol. The van der Waals surface area contributed by atoms with Crippen LogP contribution in [0.5, 0.6) is 0 Å². The molecule has 0 unspecified atom stereocenters. The zero-order valence-corrected chi connectivity index (χ0v) is 16.4. The molecule has 3 rings (SSSR count). The molecule has 7 nitrogen and oxygen atoms in total. The molecule has 1 aliphatic rings. The Balaban J connectivity index is 1.69. The van der Waals surface area contributed by atoms with Crippen LogP contribution in [0.4, 0.5) is 5.00 Å². The zero-order valence-electron chi connectivity index (χ0n) is 14.8. The Kier molecular flexibility index (Phi) is 6.04. The van der Waals surface area contributed by atoms with Crippen molar-refractivity contribution in [3.8, 4) is 0 Å². The molecule has 2 aromatic rings. The van der Waals surface area contributed by atoms with Gasteiger partial charge in [0.2, 0.25) is 5.91 Å². The van der Waals surface area contributed by atoms with Crippen LogP contribution in [0.25, 0.3) is 6.08 Å². The molecular formula is C18H20N4O3S2. The van der Waals surface area contributed by atoms with Crippen LogP contribution in [0.15, 0.2) is 28.9 Å². The summed E-state index contributed by atoms with van der Waals surface area (Å²) in [6.45, 7) is 4.72. The van der Waals surface area contributed by atoms with Crippen LogP contribution in [0.1, 0.15) is 33.5 Å². The number of primary amides is 1. The van der Waals surface area contributed by atoms with Crippen molar-refractivity contribution in [2.75, 3.05) is 18.4 Å². The lowest BCUT2D eigenvalue weighted by Gasteiger charge is -2.25. The van der Waals surface area contributed by atoms with Gasteiger partial charge in [0.05, 0.1) is 11.8 Å². The van der Waals surface area contributed by atoms with Gasteiger partial charge in [0.15, 0.2) is 5.11 Å². The van der Waals surface area contributed by atoms with Gasteiger partial charge >= 0.3 is 0 Å². The molecule has 3 heterocycles. The van der Waals surface area contributed by atoms with Crippen molar-refractivity contribution in [2.24, 2.45) is 5.73 Å². The summed E-state index contributed by atoms with van der Waals surface area (Å²) in [5.41, 5.74) is 7.04. The van der Waals surface area contributed by atoms with Crippen LogP contribution in [0.3, 0.4) is 0 Å². The molecule has 142 valence electrons. The van der Waals surface area contributed by atoms with Gasteiger partial charge in [0.25, 0.3) is 5.91 Å². The minimum absolute atomic E-state index is 0.109. The Hall–Kier alpha value is -2.49. The zero-order chi connectivity index (χ0) is 19.4. The number of nitrogens with zero attached hydrogens (tertiary/aromatic N) is 1. The molecule has 0 radical (unpaired) electrons. The molecule has 0 aromatic carbocycles.